The quantitative estimate of drug-likeness (QED) is 0.669. The Hall–Kier alpha value is -0.290. The molecule has 5 heteroatoms. The molecule has 0 bridgehead atoms. The molecule has 0 aromatic rings. The third kappa shape index (κ3) is 6.42. The second-order valence-electron chi connectivity index (χ2n) is 2.47. The van der Waals surface area contributed by atoms with Gasteiger partial charge in [-0.3, -0.25) is 4.79 Å². The molecule has 12 heavy (non-hydrogen) atoms. The molecule has 0 rings (SSSR count). The van der Waals surface area contributed by atoms with Crippen LogP contribution in [0.2, 0.25) is 0 Å². The first kappa shape index (κ1) is 11.7. The van der Waals surface area contributed by atoms with Crippen LogP contribution in [-0.4, -0.2) is 29.1 Å². The molecule has 0 aromatic heterocycles. The molecule has 1 amide bonds. The molecule has 0 saturated heterocycles. The normalized spacial score (nSPS) is 11.9. The molecule has 1 atom stereocenters. The highest BCUT2D eigenvalue weighted by molar-refractivity contribution is 8.22. The average molecular weight is 206 g/mol. The minimum absolute atomic E-state index is 0.0151. The number of carbonyl (C=O) groups excluding carboxylic acids is 1. The Morgan fingerprint density at radius 1 is 1.67 bits per heavy atom. The molecule has 0 aliphatic carbocycles. The van der Waals surface area contributed by atoms with Gasteiger partial charge in [-0.2, -0.15) is 0 Å². The Balaban J connectivity index is 3.52. The van der Waals surface area contributed by atoms with E-state index in [1.165, 1.54) is 18.7 Å². The van der Waals surface area contributed by atoms with Crippen molar-refractivity contribution in [3.8, 4) is 0 Å². The van der Waals surface area contributed by atoms with Crippen LogP contribution in [0.4, 0.5) is 0 Å². The lowest BCUT2D eigenvalue weighted by atomic mass is 10.3. The van der Waals surface area contributed by atoms with Gasteiger partial charge >= 0.3 is 0 Å². The molecule has 0 heterocycles. The zero-order valence-electron chi connectivity index (χ0n) is 7.51. The first-order valence-corrected chi connectivity index (χ1v) is 5.28. The van der Waals surface area contributed by atoms with Gasteiger partial charge in [0.15, 0.2) is 0 Å². The summed E-state index contributed by atoms with van der Waals surface area (Å²) in [5, 5.41) is 5.77. The standard InChI is InChI=1S/C7H14N2OS2/c1-5(4-8-6(2)10)9-7(11)12-3/h5H,4H2,1-3H3,(H,8,10)(H,9,11). The molecular weight excluding hydrogens is 192 g/mol. The number of hydrogen-bond donors (Lipinski definition) is 2. The topological polar surface area (TPSA) is 41.1 Å². The first-order valence-electron chi connectivity index (χ1n) is 3.65. The van der Waals surface area contributed by atoms with Crippen molar-refractivity contribution in [3.63, 3.8) is 0 Å². The van der Waals surface area contributed by atoms with Gasteiger partial charge < -0.3 is 10.6 Å². The second-order valence-corrected chi connectivity index (χ2v) is 3.96. The smallest absolute Gasteiger partial charge is 0.216 e. The monoisotopic (exact) mass is 206 g/mol. The van der Waals surface area contributed by atoms with Gasteiger partial charge in [-0.1, -0.05) is 12.2 Å². The van der Waals surface area contributed by atoms with E-state index in [9.17, 15) is 4.79 Å². The Kier molecular flexibility index (Phi) is 6.10. The van der Waals surface area contributed by atoms with Crippen LogP contribution in [0.25, 0.3) is 0 Å². The van der Waals surface area contributed by atoms with Crippen LogP contribution in [0.15, 0.2) is 0 Å². The maximum absolute atomic E-state index is 10.5. The van der Waals surface area contributed by atoms with Gasteiger partial charge in [-0.05, 0) is 13.2 Å². The van der Waals surface area contributed by atoms with Crippen molar-refractivity contribution >= 4 is 34.2 Å². The summed E-state index contributed by atoms with van der Waals surface area (Å²) in [5.74, 6) is -0.0151. The number of amides is 1. The Bertz CT molecular complexity index is 173. The highest BCUT2D eigenvalue weighted by Gasteiger charge is 2.02. The van der Waals surface area contributed by atoms with Crippen molar-refractivity contribution in [2.45, 2.75) is 19.9 Å². The van der Waals surface area contributed by atoms with Crippen molar-refractivity contribution in [3.05, 3.63) is 0 Å². The van der Waals surface area contributed by atoms with Crippen LogP contribution in [0.3, 0.4) is 0 Å². The minimum Gasteiger partial charge on any atom is -0.367 e. The van der Waals surface area contributed by atoms with E-state index in [0.29, 0.717) is 6.54 Å². The van der Waals surface area contributed by atoms with Crippen LogP contribution in [-0.2, 0) is 4.79 Å². The molecule has 2 N–H and O–H groups in total. The van der Waals surface area contributed by atoms with E-state index < -0.39 is 0 Å². The maximum atomic E-state index is 10.5. The van der Waals surface area contributed by atoms with Gasteiger partial charge in [0.25, 0.3) is 0 Å². The number of hydrogen-bond acceptors (Lipinski definition) is 3. The van der Waals surface area contributed by atoms with Gasteiger partial charge in [0.1, 0.15) is 4.32 Å². The SMILES string of the molecule is CSC(=S)NC(C)CNC(C)=O. The molecular formula is C7H14N2OS2. The fraction of sp³-hybridized carbons (Fsp3) is 0.714. The second kappa shape index (κ2) is 6.25. The molecule has 1 unspecified atom stereocenters. The highest BCUT2D eigenvalue weighted by atomic mass is 32.2. The fourth-order valence-electron chi connectivity index (χ4n) is 0.608. The van der Waals surface area contributed by atoms with Crippen molar-refractivity contribution < 1.29 is 4.79 Å². The summed E-state index contributed by atoms with van der Waals surface area (Å²) < 4.78 is 0.757. The largest absolute Gasteiger partial charge is 0.367 e. The molecule has 0 saturated carbocycles. The fourth-order valence-corrected chi connectivity index (χ4v) is 1.13. The van der Waals surface area contributed by atoms with Crippen LogP contribution in [0.5, 0.6) is 0 Å². The van der Waals surface area contributed by atoms with Gasteiger partial charge in [0.05, 0.1) is 0 Å². The van der Waals surface area contributed by atoms with Gasteiger partial charge in [0.2, 0.25) is 5.91 Å². The van der Waals surface area contributed by atoms with Crippen molar-refractivity contribution in [2.75, 3.05) is 12.8 Å². The zero-order valence-corrected chi connectivity index (χ0v) is 9.14. The van der Waals surface area contributed by atoms with Crippen molar-refractivity contribution in [2.24, 2.45) is 0 Å². The summed E-state index contributed by atoms with van der Waals surface area (Å²) in [6, 6.07) is 0.189. The molecule has 0 fully saturated rings. The number of carbonyl (C=O) groups is 1. The minimum atomic E-state index is -0.0151. The lowest BCUT2D eigenvalue weighted by Crippen LogP contribution is -2.39. The number of rotatable bonds is 3. The van der Waals surface area contributed by atoms with Gasteiger partial charge in [0, 0.05) is 19.5 Å². The lowest BCUT2D eigenvalue weighted by Gasteiger charge is -2.14. The Labute approximate surface area is 82.7 Å². The third-order valence-electron chi connectivity index (χ3n) is 1.21. The van der Waals surface area contributed by atoms with E-state index in [1.807, 2.05) is 13.2 Å². The first-order chi connectivity index (χ1) is 5.56. The lowest BCUT2D eigenvalue weighted by molar-refractivity contribution is -0.119. The highest BCUT2D eigenvalue weighted by Crippen LogP contribution is 1.94. The van der Waals surface area contributed by atoms with Crippen LogP contribution < -0.4 is 10.6 Å². The summed E-state index contributed by atoms with van der Waals surface area (Å²) in [7, 11) is 0. The van der Waals surface area contributed by atoms with Crippen LogP contribution in [0.1, 0.15) is 13.8 Å². The molecule has 0 aliphatic heterocycles. The Morgan fingerprint density at radius 3 is 2.67 bits per heavy atom. The van der Waals surface area contributed by atoms with Crippen LogP contribution in [0, 0.1) is 0 Å². The summed E-state index contributed by atoms with van der Waals surface area (Å²) in [5.41, 5.74) is 0. The number of nitrogens with one attached hydrogen (secondary N) is 2. The van der Waals surface area contributed by atoms with Gasteiger partial charge in [-0.15, -0.1) is 11.8 Å². The van der Waals surface area contributed by atoms with E-state index in [4.69, 9.17) is 12.2 Å². The number of thioether (sulfide) groups is 1. The molecule has 0 spiro atoms. The van der Waals surface area contributed by atoms with E-state index >= 15 is 0 Å². The van der Waals surface area contributed by atoms with E-state index in [2.05, 4.69) is 10.6 Å². The zero-order chi connectivity index (χ0) is 9.56. The molecule has 70 valence electrons. The van der Waals surface area contributed by atoms with E-state index in [1.54, 1.807) is 0 Å². The molecule has 3 nitrogen and oxygen atoms in total. The molecule has 0 aromatic carbocycles. The number of thiocarbonyl (C=S) groups is 1. The third-order valence-corrected chi connectivity index (χ3v) is 2.31. The summed E-state index contributed by atoms with van der Waals surface area (Å²) >= 11 is 6.45. The van der Waals surface area contributed by atoms with Crippen molar-refractivity contribution in [1.82, 2.24) is 10.6 Å². The van der Waals surface area contributed by atoms with Crippen molar-refractivity contribution in [1.29, 1.82) is 0 Å². The summed E-state index contributed by atoms with van der Waals surface area (Å²) in [6.45, 7) is 4.08. The van der Waals surface area contributed by atoms with E-state index in [-0.39, 0.29) is 11.9 Å². The average Bonchev–Trinajstić information content (AvgIpc) is 2.00. The van der Waals surface area contributed by atoms with Gasteiger partial charge in [-0.25, -0.2) is 0 Å². The summed E-state index contributed by atoms with van der Waals surface area (Å²) in [6.07, 6.45) is 1.92. The molecule has 0 aliphatic rings. The maximum Gasteiger partial charge on any atom is 0.216 e. The predicted octanol–water partition coefficient (Wildman–Crippen LogP) is 0.748. The Morgan fingerprint density at radius 2 is 2.25 bits per heavy atom. The molecule has 0 radical (unpaired) electrons. The summed E-state index contributed by atoms with van der Waals surface area (Å²) in [4.78, 5) is 10.5. The van der Waals surface area contributed by atoms with Crippen LogP contribution >= 0.6 is 24.0 Å². The van der Waals surface area contributed by atoms with E-state index in [0.717, 1.165) is 4.32 Å². The predicted molar refractivity (Wildman–Crippen MR) is 57.4 cm³/mol.